The van der Waals surface area contributed by atoms with Gasteiger partial charge in [-0.2, -0.15) is 0 Å². The summed E-state index contributed by atoms with van der Waals surface area (Å²) in [5, 5.41) is 9.02. The number of carbonyl (C=O) groups is 1. The lowest BCUT2D eigenvalue weighted by molar-refractivity contribution is -0.143. The minimum Gasteiger partial charge on any atom is -0.480 e. The van der Waals surface area contributed by atoms with Crippen molar-refractivity contribution < 1.29 is 14.3 Å². The van der Waals surface area contributed by atoms with Gasteiger partial charge in [-0.15, -0.1) is 0 Å². The average Bonchev–Trinajstić information content (AvgIpc) is 2.52. The maximum Gasteiger partial charge on any atom is 0.328 e. The van der Waals surface area contributed by atoms with Crippen LogP contribution < -0.4 is 5.73 Å². The Bertz CT molecular complexity index is 449. The normalized spacial score (nSPS) is 23.9. The molecule has 0 saturated carbocycles. The Labute approximate surface area is 94.2 Å². The Morgan fingerprint density at radius 2 is 2.27 bits per heavy atom. The molecule has 0 radical (unpaired) electrons. The molecule has 1 aliphatic carbocycles. The van der Waals surface area contributed by atoms with Gasteiger partial charge in [0.05, 0.1) is 4.47 Å². The second-order valence-corrected chi connectivity index (χ2v) is 4.52. The molecular weight excluding hydrogens is 265 g/mol. The van der Waals surface area contributed by atoms with E-state index in [0.29, 0.717) is 22.0 Å². The van der Waals surface area contributed by atoms with Gasteiger partial charge in [-0.05, 0) is 46.0 Å². The third-order valence-electron chi connectivity index (χ3n) is 2.83. The van der Waals surface area contributed by atoms with E-state index < -0.39 is 17.3 Å². The van der Waals surface area contributed by atoms with Gasteiger partial charge < -0.3 is 10.8 Å². The minimum atomic E-state index is -1.43. The van der Waals surface area contributed by atoms with Crippen LogP contribution in [0, 0.1) is 5.82 Å². The Kier molecular flexibility index (Phi) is 2.31. The van der Waals surface area contributed by atoms with Gasteiger partial charge in [0.25, 0.3) is 0 Å². The number of aliphatic carboxylic acids is 1. The van der Waals surface area contributed by atoms with E-state index >= 15 is 0 Å². The molecule has 1 aromatic carbocycles. The Morgan fingerprint density at radius 3 is 2.87 bits per heavy atom. The van der Waals surface area contributed by atoms with Crippen LogP contribution in [0.4, 0.5) is 4.39 Å². The van der Waals surface area contributed by atoms with Crippen molar-refractivity contribution in [3.63, 3.8) is 0 Å². The fourth-order valence-electron chi connectivity index (χ4n) is 1.93. The topological polar surface area (TPSA) is 63.3 Å². The summed E-state index contributed by atoms with van der Waals surface area (Å²) in [6, 6.07) is 3.06. The summed E-state index contributed by atoms with van der Waals surface area (Å²) in [5.74, 6) is -1.51. The summed E-state index contributed by atoms with van der Waals surface area (Å²) in [5.41, 5.74) is 5.11. The summed E-state index contributed by atoms with van der Waals surface area (Å²) < 4.78 is 14.0. The van der Waals surface area contributed by atoms with Crippen LogP contribution in [-0.4, -0.2) is 11.1 Å². The largest absolute Gasteiger partial charge is 0.480 e. The van der Waals surface area contributed by atoms with Crippen molar-refractivity contribution >= 4 is 21.9 Å². The lowest BCUT2D eigenvalue weighted by Gasteiger charge is -2.19. The van der Waals surface area contributed by atoms with Crippen molar-refractivity contribution in [2.24, 2.45) is 5.73 Å². The van der Waals surface area contributed by atoms with E-state index in [2.05, 4.69) is 15.9 Å². The first-order chi connectivity index (χ1) is 6.97. The van der Waals surface area contributed by atoms with E-state index in [-0.39, 0.29) is 6.42 Å². The first kappa shape index (κ1) is 10.6. The van der Waals surface area contributed by atoms with Gasteiger partial charge in [0.15, 0.2) is 0 Å². The highest BCUT2D eigenvalue weighted by Crippen LogP contribution is 2.38. The van der Waals surface area contributed by atoms with Crippen molar-refractivity contribution in [1.82, 2.24) is 0 Å². The van der Waals surface area contributed by atoms with Crippen molar-refractivity contribution in [2.45, 2.75) is 18.4 Å². The van der Waals surface area contributed by atoms with E-state index in [1.54, 1.807) is 6.07 Å². The lowest BCUT2D eigenvalue weighted by atomic mass is 9.93. The highest BCUT2D eigenvalue weighted by atomic mass is 79.9. The molecule has 0 saturated heterocycles. The molecule has 5 heteroatoms. The molecule has 1 aliphatic rings. The van der Waals surface area contributed by atoms with Gasteiger partial charge in [-0.3, -0.25) is 0 Å². The van der Waals surface area contributed by atoms with Crippen molar-refractivity contribution in [3.05, 3.63) is 33.5 Å². The second kappa shape index (κ2) is 3.28. The number of carboxylic acid groups (broad SMARTS) is 1. The monoisotopic (exact) mass is 273 g/mol. The van der Waals surface area contributed by atoms with Crippen molar-refractivity contribution in [3.8, 4) is 0 Å². The van der Waals surface area contributed by atoms with Gasteiger partial charge >= 0.3 is 5.97 Å². The Balaban J connectivity index is 2.63. The standard InChI is InChI=1S/C10H9BrFNO2/c11-7-2-1-6-5(8(7)12)3-4-10(6,13)9(14)15/h1-2H,3-4,13H2,(H,14,15)/t10-/m0/s1. The predicted molar refractivity (Wildman–Crippen MR) is 55.9 cm³/mol. The van der Waals surface area contributed by atoms with E-state index in [0.717, 1.165) is 0 Å². The van der Waals surface area contributed by atoms with E-state index in [9.17, 15) is 9.18 Å². The second-order valence-electron chi connectivity index (χ2n) is 3.66. The smallest absolute Gasteiger partial charge is 0.328 e. The maximum atomic E-state index is 13.6. The van der Waals surface area contributed by atoms with Crippen LogP contribution in [0.5, 0.6) is 0 Å². The van der Waals surface area contributed by atoms with Crippen LogP contribution >= 0.6 is 15.9 Å². The summed E-state index contributed by atoms with van der Waals surface area (Å²) in [7, 11) is 0. The molecule has 3 N–H and O–H groups in total. The highest BCUT2D eigenvalue weighted by molar-refractivity contribution is 9.10. The van der Waals surface area contributed by atoms with E-state index in [1.807, 2.05) is 0 Å². The van der Waals surface area contributed by atoms with Gasteiger partial charge in [-0.1, -0.05) is 6.07 Å². The zero-order valence-corrected chi connectivity index (χ0v) is 9.34. The summed E-state index contributed by atoms with van der Waals surface area (Å²) in [6.45, 7) is 0. The molecule has 0 fully saturated rings. The molecule has 0 amide bonds. The molecule has 1 aromatic rings. The van der Waals surface area contributed by atoms with Crippen LogP contribution in [-0.2, 0) is 16.8 Å². The molecule has 80 valence electrons. The molecule has 0 unspecified atom stereocenters. The zero-order chi connectivity index (χ0) is 11.2. The molecule has 2 rings (SSSR count). The summed E-state index contributed by atoms with van der Waals surface area (Å²) in [4.78, 5) is 11.0. The van der Waals surface area contributed by atoms with Gasteiger partial charge in [0.2, 0.25) is 0 Å². The highest BCUT2D eigenvalue weighted by Gasteiger charge is 2.43. The van der Waals surface area contributed by atoms with E-state index in [1.165, 1.54) is 6.07 Å². The number of nitrogens with two attached hydrogens (primary N) is 1. The fraction of sp³-hybridized carbons (Fsp3) is 0.300. The molecule has 3 nitrogen and oxygen atoms in total. The SMILES string of the molecule is N[C@@]1(C(=O)O)CCc2c1ccc(Br)c2F. The van der Waals surface area contributed by atoms with Crippen molar-refractivity contribution in [2.75, 3.05) is 0 Å². The predicted octanol–water partition coefficient (Wildman–Crippen LogP) is 1.77. The summed E-state index contributed by atoms with van der Waals surface area (Å²) >= 11 is 3.06. The quantitative estimate of drug-likeness (QED) is 0.820. The van der Waals surface area contributed by atoms with Crippen LogP contribution in [0.1, 0.15) is 17.5 Å². The number of carboxylic acids is 1. The molecule has 0 spiro atoms. The van der Waals surface area contributed by atoms with Crippen LogP contribution in [0.25, 0.3) is 0 Å². The molecule has 15 heavy (non-hydrogen) atoms. The number of halogens is 2. The number of rotatable bonds is 1. The van der Waals surface area contributed by atoms with Crippen LogP contribution in [0.3, 0.4) is 0 Å². The van der Waals surface area contributed by atoms with Crippen LogP contribution in [0.2, 0.25) is 0 Å². The molecule has 0 heterocycles. The number of hydrogen-bond acceptors (Lipinski definition) is 2. The third kappa shape index (κ3) is 1.38. The summed E-state index contributed by atoms with van der Waals surface area (Å²) in [6.07, 6.45) is 0.606. The van der Waals surface area contributed by atoms with Crippen molar-refractivity contribution in [1.29, 1.82) is 0 Å². The Morgan fingerprint density at radius 1 is 1.60 bits per heavy atom. The average molecular weight is 274 g/mol. The third-order valence-corrected chi connectivity index (χ3v) is 3.44. The molecule has 0 aliphatic heterocycles. The zero-order valence-electron chi connectivity index (χ0n) is 7.76. The maximum absolute atomic E-state index is 13.6. The number of hydrogen-bond donors (Lipinski definition) is 2. The minimum absolute atomic E-state index is 0.241. The molecule has 0 bridgehead atoms. The lowest BCUT2D eigenvalue weighted by Crippen LogP contribution is -2.42. The Hall–Kier alpha value is -0.940. The fourth-order valence-corrected chi connectivity index (χ4v) is 2.31. The van der Waals surface area contributed by atoms with E-state index in [4.69, 9.17) is 10.8 Å². The number of fused-ring (bicyclic) bond motifs is 1. The van der Waals surface area contributed by atoms with Crippen LogP contribution in [0.15, 0.2) is 16.6 Å². The molecular formula is C10H9BrFNO2. The van der Waals surface area contributed by atoms with Gasteiger partial charge in [-0.25, -0.2) is 9.18 Å². The number of benzene rings is 1. The first-order valence-electron chi connectivity index (χ1n) is 4.46. The first-order valence-corrected chi connectivity index (χ1v) is 5.26. The molecule has 1 atom stereocenters. The molecule has 0 aromatic heterocycles. The van der Waals surface area contributed by atoms with Gasteiger partial charge in [0.1, 0.15) is 11.4 Å². The van der Waals surface area contributed by atoms with Gasteiger partial charge in [0, 0.05) is 0 Å².